The number of hydrogen-bond acceptors (Lipinski definition) is 3. The molecule has 1 amide bonds. The maximum absolute atomic E-state index is 12.4. The van der Waals surface area contributed by atoms with E-state index in [0.717, 1.165) is 45.3 Å². The van der Waals surface area contributed by atoms with E-state index in [9.17, 15) is 4.79 Å². The smallest absolute Gasteiger partial charge is 0.290 e. The van der Waals surface area contributed by atoms with Gasteiger partial charge in [0.15, 0.2) is 5.76 Å². The second kappa shape index (κ2) is 4.18. The average molecular weight is 234 g/mol. The molecule has 0 aliphatic carbocycles. The first-order valence-corrected chi connectivity index (χ1v) is 6.38. The maximum atomic E-state index is 12.4. The minimum absolute atomic E-state index is 0.0643. The van der Waals surface area contributed by atoms with Gasteiger partial charge in [-0.05, 0) is 50.9 Å². The van der Waals surface area contributed by atoms with Gasteiger partial charge >= 0.3 is 0 Å². The van der Waals surface area contributed by atoms with Crippen molar-refractivity contribution in [1.29, 1.82) is 0 Å². The van der Waals surface area contributed by atoms with Gasteiger partial charge in [0.05, 0.1) is 6.26 Å². The molecule has 2 aliphatic heterocycles. The van der Waals surface area contributed by atoms with Crippen LogP contribution in [0.4, 0.5) is 0 Å². The lowest BCUT2D eigenvalue weighted by atomic mass is 9.85. The molecule has 0 unspecified atom stereocenters. The first-order chi connectivity index (χ1) is 8.32. The van der Waals surface area contributed by atoms with Crippen molar-refractivity contribution in [2.45, 2.75) is 31.2 Å². The highest BCUT2D eigenvalue weighted by Crippen LogP contribution is 2.37. The Bertz CT molecular complexity index is 394. The Kier molecular flexibility index (Phi) is 2.67. The third-order valence-corrected chi connectivity index (χ3v) is 4.11. The summed E-state index contributed by atoms with van der Waals surface area (Å²) in [4.78, 5) is 14.4. The van der Waals surface area contributed by atoms with Crippen LogP contribution in [0, 0.1) is 0 Å². The Morgan fingerprint density at radius 2 is 2.18 bits per heavy atom. The van der Waals surface area contributed by atoms with E-state index in [4.69, 9.17) is 4.42 Å². The standard InChI is InChI=1S/C13H18N2O2/c16-12(11-3-1-10-17-11)15-9-2-4-13(15)5-7-14-8-6-13/h1,3,10,14H,2,4-9H2. The van der Waals surface area contributed by atoms with Crippen LogP contribution in [0.15, 0.2) is 22.8 Å². The summed E-state index contributed by atoms with van der Waals surface area (Å²) in [5.41, 5.74) is 0.0924. The zero-order valence-electron chi connectivity index (χ0n) is 9.95. The van der Waals surface area contributed by atoms with Crippen LogP contribution in [0.2, 0.25) is 0 Å². The van der Waals surface area contributed by atoms with Crippen LogP contribution >= 0.6 is 0 Å². The van der Waals surface area contributed by atoms with Crippen LogP contribution < -0.4 is 5.32 Å². The molecule has 1 aromatic rings. The van der Waals surface area contributed by atoms with E-state index >= 15 is 0 Å². The van der Waals surface area contributed by atoms with Crippen molar-refractivity contribution < 1.29 is 9.21 Å². The van der Waals surface area contributed by atoms with Gasteiger partial charge in [0.1, 0.15) is 0 Å². The first kappa shape index (κ1) is 10.8. The molecule has 3 rings (SSSR count). The molecular formula is C13H18N2O2. The van der Waals surface area contributed by atoms with E-state index in [1.165, 1.54) is 0 Å². The van der Waals surface area contributed by atoms with E-state index in [2.05, 4.69) is 5.32 Å². The number of nitrogens with zero attached hydrogens (tertiary/aromatic N) is 1. The number of rotatable bonds is 1. The van der Waals surface area contributed by atoms with Gasteiger partial charge in [0.25, 0.3) is 5.91 Å². The summed E-state index contributed by atoms with van der Waals surface area (Å²) in [6, 6.07) is 3.54. The number of amides is 1. The Hall–Kier alpha value is -1.29. The van der Waals surface area contributed by atoms with Crippen molar-refractivity contribution >= 4 is 5.91 Å². The van der Waals surface area contributed by atoms with E-state index in [0.29, 0.717) is 5.76 Å². The number of nitrogens with one attached hydrogen (secondary N) is 1. The number of carbonyl (C=O) groups is 1. The van der Waals surface area contributed by atoms with Crippen molar-refractivity contribution in [3.63, 3.8) is 0 Å². The molecule has 92 valence electrons. The number of likely N-dealkylation sites (tertiary alicyclic amines) is 1. The minimum Gasteiger partial charge on any atom is -0.459 e. The van der Waals surface area contributed by atoms with E-state index in [1.54, 1.807) is 18.4 Å². The van der Waals surface area contributed by atoms with Gasteiger partial charge < -0.3 is 14.6 Å². The molecule has 0 atom stereocenters. The Labute approximate surface area is 101 Å². The molecule has 1 aromatic heterocycles. The van der Waals surface area contributed by atoms with Crippen LogP contribution in [-0.4, -0.2) is 36.0 Å². The molecule has 1 spiro atoms. The molecule has 2 saturated heterocycles. The normalized spacial score (nSPS) is 23.2. The first-order valence-electron chi connectivity index (χ1n) is 6.38. The maximum Gasteiger partial charge on any atom is 0.290 e. The highest BCUT2D eigenvalue weighted by molar-refractivity contribution is 5.92. The lowest BCUT2D eigenvalue weighted by Crippen LogP contribution is -2.53. The van der Waals surface area contributed by atoms with E-state index in [1.807, 2.05) is 4.90 Å². The predicted octanol–water partition coefficient (Wildman–Crippen LogP) is 1.64. The van der Waals surface area contributed by atoms with Gasteiger partial charge in [-0.1, -0.05) is 0 Å². The molecule has 4 heteroatoms. The molecule has 2 aliphatic rings. The Balaban J connectivity index is 1.84. The van der Waals surface area contributed by atoms with E-state index < -0.39 is 0 Å². The van der Waals surface area contributed by atoms with Gasteiger partial charge in [0.2, 0.25) is 0 Å². The van der Waals surface area contributed by atoms with Crippen molar-refractivity contribution in [2.24, 2.45) is 0 Å². The predicted molar refractivity (Wildman–Crippen MR) is 63.8 cm³/mol. The molecule has 0 radical (unpaired) electrons. The number of piperidine rings is 1. The van der Waals surface area contributed by atoms with Crippen molar-refractivity contribution in [1.82, 2.24) is 10.2 Å². The van der Waals surface area contributed by atoms with Crippen LogP contribution in [-0.2, 0) is 0 Å². The highest BCUT2D eigenvalue weighted by atomic mass is 16.3. The highest BCUT2D eigenvalue weighted by Gasteiger charge is 2.44. The average Bonchev–Trinajstić information content (AvgIpc) is 2.99. The topological polar surface area (TPSA) is 45.5 Å². The molecule has 2 fully saturated rings. The zero-order chi connectivity index (χ0) is 11.7. The summed E-state index contributed by atoms with van der Waals surface area (Å²) < 4.78 is 5.23. The lowest BCUT2D eigenvalue weighted by molar-refractivity contribution is 0.0488. The number of hydrogen-bond donors (Lipinski definition) is 1. The van der Waals surface area contributed by atoms with Crippen LogP contribution in [0.1, 0.15) is 36.2 Å². The third kappa shape index (κ3) is 1.76. The molecule has 0 saturated carbocycles. The van der Waals surface area contributed by atoms with Gasteiger partial charge in [-0.2, -0.15) is 0 Å². The summed E-state index contributed by atoms with van der Waals surface area (Å²) in [7, 11) is 0. The minimum atomic E-state index is 0.0643. The summed E-state index contributed by atoms with van der Waals surface area (Å²) >= 11 is 0. The molecule has 4 nitrogen and oxygen atoms in total. The lowest BCUT2D eigenvalue weighted by Gasteiger charge is -2.41. The fraction of sp³-hybridized carbons (Fsp3) is 0.615. The second-order valence-electron chi connectivity index (χ2n) is 5.01. The Morgan fingerprint density at radius 1 is 1.35 bits per heavy atom. The van der Waals surface area contributed by atoms with Gasteiger partial charge in [-0.3, -0.25) is 4.79 Å². The fourth-order valence-corrected chi connectivity index (χ4v) is 3.20. The molecule has 0 aromatic carbocycles. The molecule has 3 heterocycles. The summed E-state index contributed by atoms with van der Waals surface area (Å²) in [6.07, 6.45) is 5.96. The number of furan rings is 1. The van der Waals surface area contributed by atoms with Gasteiger partial charge in [-0.25, -0.2) is 0 Å². The molecule has 1 N–H and O–H groups in total. The molecular weight excluding hydrogens is 216 g/mol. The monoisotopic (exact) mass is 234 g/mol. The third-order valence-electron chi connectivity index (χ3n) is 4.11. The van der Waals surface area contributed by atoms with Crippen molar-refractivity contribution in [3.05, 3.63) is 24.2 Å². The molecule has 17 heavy (non-hydrogen) atoms. The largest absolute Gasteiger partial charge is 0.459 e. The fourth-order valence-electron chi connectivity index (χ4n) is 3.20. The van der Waals surface area contributed by atoms with E-state index in [-0.39, 0.29) is 11.4 Å². The zero-order valence-corrected chi connectivity index (χ0v) is 9.95. The van der Waals surface area contributed by atoms with Crippen molar-refractivity contribution in [2.75, 3.05) is 19.6 Å². The van der Waals surface area contributed by atoms with Gasteiger partial charge in [0, 0.05) is 12.1 Å². The van der Waals surface area contributed by atoms with Crippen LogP contribution in [0.3, 0.4) is 0 Å². The quantitative estimate of drug-likeness (QED) is 0.803. The SMILES string of the molecule is O=C(c1ccco1)N1CCCC12CCNCC2. The summed E-state index contributed by atoms with van der Waals surface area (Å²) in [5.74, 6) is 0.541. The Morgan fingerprint density at radius 3 is 2.88 bits per heavy atom. The van der Waals surface area contributed by atoms with Crippen LogP contribution in [0.5, 0.6) is 0 Å². The van der Waals surface area contributed by atoms with Crippen molar-refractivity contribution in [3.8, 4) is 0 Å². The summed E-state index contributed by atoms with van der Waals surface area (Å²) in [6.45, 7) is 2.91. The molecule has 0 bridgehead atoms. The second-order valence-corrected chi connectivity index (χ2v) is 5.01. The van der Waals surface area contributed by atoms with Crippen LogP contribution in [0.25, 0.3) is 0 Å². The summed E-state index contributed by atoms with van der Waals surface area (Å²) in [5, 5.41) is 3.37. The number of carbonyl (C=O) groups excluding carboxylic acids is 1. The van der Waals surface area contributed by atoms with Gasteiger partial charge in [-0.15, -0.1) is 0 Å².